The maximum absolute atomic E-state index is 4.04. The number of hydrogen-bond acceptors (Lipinski definition) is 1. The van der Waals surface area contributed by atoms with Gasteiger partial charge in [0.25, 0.3) is 0 Å². The molecule has 0 N–H and O–H groups in total. The van der Waals surface area contributed by atoms with Crippen molar-refractivity contribution in [2.75, 3.05) is 5.75 Å². The summed E-state index contributed by atoms with van der Waals surface area (Å²) in [5.74, 6) is 2.65. The zero-order valence-electron chi connectivity index (χ0n) is 3.07. The van der Waals surface area contributed by atoms with Crippen LogP contribution in [0.25, 0.3) is 0 Å². The van der Waals surface area contributed by atoms with Crippen molar-refractivity contribution in [3.8, 4) is 0 Å². The number of thiol groups is 1. The summed E-state index contributed by atoms with van der Waals surface area (Å²) in [7, 11) is 0. The van der Waals surface area contributed by atoms with E-state index in [-0.39, 0.29) is 0 Å². The molecule has 0 bridgehead atoms. The van der Waals surface area contributed by atoms with Crippen LogP contribution in [0.5, 0.6) is 0 Å². The Bertz CT molecular complexity index is 30.6. The summed E-state index contributed by atoms with van der Waals surface area (Å²) >= 11 is 4.04. The first-order chi connectivity index (χ1) is 2.43. The predicted molar refractivity (Wildman–Crippen MR) is 26.3 cm³/mol. The second kappa shape index (κ2) is 1.21. The topological polar surface area (TPSA) is 0 Å². The van der Waals surface area contributed by atoms with Gasteiger partial charge in [-0.3, -0.25) is 0 Å². The summed E-state index contributed by atoms with van der Waals surface area (Å²) in [4.78, 5) is 0. The van der Waals surface area contributed by atoms with Gasteiger partial charge < -0.3 is 0 Å². The van der Waals surface area contributed by atoms with E-state index in [1.165, 1.54) is 12.8 Å². The molecule has 0 aromatic carbocycles. The van der Waals surface area contributed by atoms with E-state index in [4.69, 9.17) is 0 Å². The molecule has 0 aromatic heterocycles. The van der Waals surface area contributed by atoms with Crippen LogP contribution < -0.4 is 0 Å². The van der Waals surface area contributed by atoms with Gasteiger partial charge in [-0.2, -0.15) is 12.6 Å². The van der Waals surface area contributed by atoms with E-state index in [1.807, 2.05) is 0 Å². The maximum Gasteiger partial charge on any atom is -0.00355 e. The highest BCUT2D eigenvalue weighted by atomic mass is 32.1. The quantitative estimate of drug-likeness (QED) is 0.458. The summed E-state index contributed by atoms with van der Waals surface area (Å²) < 4.78 is 0. The van der Waals surface area contributed by atoms with E-state index in [2.05, 4.69) is 12.6 Å². The van der Waals surface area contributed by atoms with Crippen molar-refractivity contribution in [3.63, 3.8) is 0 Å². The lowest BCUT2D eigenvalue weighted by Crippen LogP contribution is -1.64. The Morgan fingerprint density at radius 3 is 2.20 bits per heavy atom. The van der Waals surface area contributed by atoms with Gasteiger partial charge in [-0.1, -0.05) is 0 Å². The molecule has 0 aliphatic heterocycles. The molecule has 0 aromatic rings. The molecule has 0 heterocycles. The Labute approximate surface area is 38.0 Å². The van der Waals surface area contributed by atoms with Gasteiger partial charge in [0.2, 0.25) is 0 Å². The largest absolute Gasteiger partial charge is 0.179 e. The molecule has 1 aliphatic rings. The molecule has 5 heavy (non-hydrogen) atoms. The van der Waals surface area contributed by atoms with E-state index in [1.54, 1.807) is 5.92 Å². The first-order valence-electron chi connectivity index (χ1n) is 1.88. The van der Waals surface area contributed by atoms with Crippen molar-refractivity contribution in [1.29, 1.82) is 0 Å². The lowest BCUT2D eigenvalue weighted by atomic mass is 10.5. The highest BCUT2D eigenvalue weighted by molar-refractivity contribution is 7.80. The van der Waals surface area contributed by atoms with Crippen LogP contribution in [0.3, 0.4) is 0 Å². The minimum absolute atomic E-state index is 1.03. The number of hydrogen-bond donors (Lipinski definition) is 1. The molecule has 0 amide bonds. The van der Waals surface area contributed by atoms with Crippen molar-refractivity contribution >= 4 is 12.6 Å². The fraction of sp³-hybridized carbons (Fsp3) is 0.750. The Hall–Kier alpha value is 0.350. The molecule has 1 heteroatoms. The standard InChI is InChI=1S/C4H7S/c5-3-4-1-2-4/h5H,1-3H2. The zero-order valence-corrected chi connectivity index (χ0v) is 3.96. The lowest BCUT2D eigenvalue weighted by Gasteiger charge is -1.71. The molecule has 0 nitrogen and oxygen atoms in total. The fourth-order valence-electron chi connectivity index (χ4n) is 0.247. The minimum atomic E-state index is 1.03. The summed E-state index contributed by atoms with van der Waals surface area (Å²) in [5, 5.41) is 0. The second-order valence-corrected chi connectivity index (χ2v) is 1.72. The average molecular weight is 87.2 g/mol. The van der Waals surface area contributed by atoms with Gasteiger partial charge in [0.05, 0.1) is 0 Å². The first-order valence-corrected chi connectivity index (χ1v) is 2.51. The van der Waals surface area contributed by atoms with Gasteiger partial charge in [0.1, 0.15) is 0 Å². The molecule has 0 saturated heterocycles. The second-order valence-electron chi connectivity index (χ2n) is 1.41. The smallest absolute Gasteiger partial charge is 0.00355 e. The maximum atomic E-state index is 4.04. The summed E-state index contributed by atoms with van der Waals surface area (Å²) in [6, 6.07) is 0. The van der Waals surface area contributed by atoms with Crippen molar-refractivity contribution in [3.05, 3.63) is 5.92 Å². The van der Waals surface area contributed by atoms with Crippen molar-refractivity contribution < 1.29 is 0 Å². The molecule has 0 atom stereocenters. The molecule has 1 aliphatic carbocycles. The van der Waals surface area contributed by atoms with Crippen LogP contribution in [-0.4, -0.2) is 5.75 Å². The summed E-state index contributed by atoms with van der Waals surface area (Å²) in [5.41, 5.74) is 0. The molecule has 0 unspecified atom stereocenters. The molecule has 1 saturated carbocycles. The van der Waals surface area contributed by atoms with E-state index in [0.29, 0.717) is 0 Å². The van der Waals surface area contributed by atoms with Gasteiger partial charge >= 0.3 is 0 Å². The highest BCUT2D eigenvalue weighted by Crippen LogP contribution is 2.31. The SMILES string of the molecule is SC[C]1CC1. The van der Waals surface area contributed by atoms with Crippen LogP contribution in [-0.2, 0) is 0 Å². The third kappa shape index (κ3) is 0.839. The minimum Gasteiger partial charge on any atom is -0.179 e. The van der Waals surface area contributed by atoms with Gasteiger partial charge in [0.15, 0.2) is 0 Å². The monoisotopic (exact) mass is 87.0 g/mol. The highest BCUT2D eigenvalue weighted by Gasteiger charge is 2.18. The van der Waals surface area contributed by atoms with Crippen LogP contribution in [0, 0.1) is 5.92 Å². The van der Waals surface area contributed by atoms with E-state index < -0.39 is 0 Å². The van der Waals surface area contributed by atoms with E-state index >= 15 is 0 Å². The van der Waals surface area contributed by atoms with Crippen LogP contribution in [0.15, 0.2) is 0 Å². The fourth-order valence-corrected chi connectivity index (χ4v) is 0.563. The molecule has 1 rings (SSSR count). The van der Waals surface area contributed by atoms with Gasteiger partial charge in [-0.15, -0.1) is 0 Å². The third-order valence-corrected chi connectivity index (χ3v) is 1.27. The Balaban J connectivity index is 2.00. The Morgan fingerprint density at radius 1 is 1.60 bits per heavy atom. The predicted octanol–water partition coefficient (Wildman–Crippen LogP) is 1.28. The van der Waals surface area contributed by atoms with E-state index in [9.17, 15) is 0 Å². The Kier molecular flexibility index (Phi) is 0.856. The van der Waals surface area contributed by atoms with E-state index in [0.717, 1.165) is 5.75 Å². The van der Waals surface area contributed by atoms with Crippen LogP contribution in [0.1, 0.15) is 12.8 Å². The first kappa shape index (κ1) is 3.54. The molecular weight excluding hydrogens is 80.1 g/mol. The van der Waals surface area contributed by atoms with Gasteiger partial charge in [0, 0.05) is 0 Å². The van der Waals surface area contributed by atoms with Crippen molar-refractivity contribution in [2.24, 2.45) is 0 Å². The van der Waals surface area contributed by atoms with Crippen LogP contribution in [0.2, 0.25) is 0 Å². The van der Waals surface area contributed by atoms with Crippen LogP contribution >= 0.6 is 12.6 Å². The normalized spacial score (nSPS) is 23.4. The molecular formula is C4H7S. The summed E-state index contributed by atoms with van der Waals surface area (Å²) in [6.07, 6.45) is 2.70. The van der Waals surface area contributed by atoms with Crippen molar-refractivity contribution in [1.82, 2.24) is 0 Å². The van der Waals surface area contributed by atoms with Gasteiger partial charge in [-0.05, 0) is 24.5 Å². The zero-order chi connectivity index (χ0) is 3.70. The molecule has 1 fully saturated rings. The third-order valence-electron chi connectivity index (χ3n) is 0.827. The Morgan fingerprint density at radius 2 is 2.20 bits per heavy atom. The molecule has 29 valence electrons. The van der Waals surface area contributed by atoms with Crippen LogP contribution in [0.4, 0.5) is 0 Å². The van der Waals surface area contributed by atoms with Crippen molar-refractivity contribution in [2.45, 2.75) is 12.8 Å². The molecule has 0 spiro atoms. The lowest BCUT2D eigenvalue weighted by molar-refractivity contribution is 1.42. The molecule has 1 radical (unpaired) electrons. The number of rotatable bonds is 1. The summed E-state index contributed by atoms with van der Waals surface area (Å²) in [6.45, 7) is 0. The average Bonchev–Trinajstić information content (AvgIpc) is 2.12. The van der Waals surface area contributed by atoms with Gasteiger partial charge in [-0.25, -0.2) is 0 Å².